The number of hydrogen-bond acceptors (Lipinski definition) is 7. The Morgan fingerprint density at radius 1 is 1.17 bits per heavy atom. The van der Waals surface area contributed by atoms with Crippen molar-refractivity contribution >= 4 is 11.8 Å². The normalized spacial score (nSPS) is 19.3. The molecule has 7 heteroatoms. The molecule has 1 aliphatic heterocycles. The van der Waals surface area contributed by atoms with Crippen LogP contribution in [0.25, 0.3) is 0 Å². The quantitative estimate of drug-likeness (QED) is 0.782. The fourth-order valence-corrected chi connectivity index (χ4v) is 2.72. The molecule has 5 N–H and O–H groups in total. The van der Waals surface area contributed by atoms with Crippen LogP contribution in [0.4, 0.5) is 5.82 Å². The number of nitrogens with one attached hydrogen (secondary N) is 1. The summed E-state index contributed by atoms with van der Waals surface area (Å²) in [5, 5.41) is 2.93. The van der Waals surface area contributed by atoms with E-state index >= 15 is 0 Å². The van der Waals surface area contributed by atoms with Crippen molar-refractivity contribution in [1.82, 2.24) is 4.98 Å². The van der Waals surface area contributed by atoms with Crippen molar-refractivity contribution in [2.75, 3.05) is 19.5 Å². The number of guanidine groups is 1. The summed E-state index contributed by atoms with van der Waals surface area (Å²) in [6.45, 7) is 0. The van der Waals surface area contributed by atoms with Gasteiger partial charge in [-0.15, -0.1) is 0 Å². The molecule has 2 heterocycles. The van der Waals surface area contributed by atoms with E-state index in [1.54, 1.807) is 20.4 Å². The van der Waals surface area contributed by atoms with Crippen molar-refractivity contribution in [2.45, 2.75) is 12.1 Å². The van der Waals surface area contributed by atoms with Gasteiger partial charge in [-0.2, -0.15) is 0 Å². The van der Waals surface area contributed by atoms with Crippen molar-refractivity contribution < 1.29 is 9.47 Å². The topological polar surface area (TPSA) is 108 Å². The van der Waals surface area contributed by atoms with Gasteiger partial charge in [0.15, 0.2) is 17.5 Å². The molecule has 7 nitrogen and oxygen atoms in total. The Morgan fingerprint density at radius 3 is 2.70 bits per heavy atom. The zero-order chi connectivity index (χ0) is 16.4. The van der Waals surface area contributed by atoms with Crippen LogP contribution in [-0.2, 0) is 12.1 Å². The standard InChI is InChI=1S/C16H19N5O2/c1-22-12-6-5-10(8-13(12)23-2)9-16(18)11-4-3-7-19-14(11)20-15(17)21-16/h3-8H,9,18H2,1-2H3,(H3,17,19,20,21). The van der Waals surface area contributed by atoms with E-state index in [-0.39, 0.29) is 5.96 Å². The zero-order valence-electron chi connectivity index (χ0n) is 13.0. The van der Waals surface area contributed by atoms with Crippen LogP contribution in [-0.4, -0.2) is 25.2 Å². The lowest BCUT2D eigenvalue weighted by Crippen LogP contribution is -2.45. The second kappa shape index (κ2) is 5.77. The molecule has 1 aromatic carbocycles. The van der Waals surface area contributed by atoms with Crippen LogP contribution >= 0.6 is 0 Å². The molecule has 1 aromatic heterocycles. The van der Waals surface area contributed by atoms with Crippen molar-refractivity contribution in [3.63, 3.8) is 0 Å². The number of rotatable bonds is 4. The molecule has 120 valence electrons. The van der Waals surface area contributed by atoms with Gasteiger partial charge in [0.2, 0.25) is 0 Å². The van der Waals surface area contributed by atoms with E-state index in [1.165, 1.54) is 0 Å². The molecule has 1 atom stereocenters. The van der Waals surface area contributed by atoms with Crippen molar-refractivity contribution in [1.29, 1.82) is 0 Å². The second-order valence-corrected chi connectivity index (χ2v) is 5.31. The van der Waals surface area contributed by atoms with Crippen LogP contribution in [0, 0.1) is 0 Å². The fourth-order valence-electron chi connectivity index (χ4n) is 2.72. The molecule has 0 fully saturated rings. The predicted molar refractivity (Wildman–Crippen MR) is 88.6 cm³/mol. The number of nitrogens with two attached hydrogens (primary N) is 2. The van der Waals surface area contributed by atoms with Crippen molar-refractivity contribution in [3.05, 3.63) is 47.7 Å². The molecular weight excluding hydrogens is 294 g/mol. The lowest BCUT2D eigenvalue weighted by atomic mass is 9.92. The average Bonchev–Trinajstić information content (AvgIpc) is 2.54. The molecular formula is C16H19N5O2. The third kappa shape index (κ3) is 2.78. The Morgan fingerprint density at radius 2 is 1.96 bits per heavy atom. The minimum Gasteiger partial charge on any atom is -0.493 e. The molecule has 0 spiro atoms. The average molecular weight is 313 g/mol. The van der Waals surface area contributed by atoms with Gasteiger partial charge in [0.1, 0.15) is 11.5 Å². The summed E-state index contributed by atoms with van der Waals surface area (Å²) in [6.07, 6.45) is 2.13. The molecule has 0 bridgehead atoms. The van der Waals surface area contributed by atoms with Gasteiger partial charge in [-0.1, -0.05) is 6.07 Å². The first kappa shape index (κ1) is 15.1. The maximum absolute atomic E-state index is 6.54. The number of pyridine rings is 1. The van der Waals surface area contributed by atoms with E-state index in [0.29, 0.717) is 23.7 Å². The van der Waals surface area contributed by atoms with Gasteiger partial charge < -0.3 is 26.3 Å². The van der Waals surface area contributed by atoms with Gasteiger partial charge in [-0.05, 0) is 29.8 Å². The van der Waals surface area contributed by atoms with Crippen LogP contribution in [0.15, 0.2) is 41.5 Å². The van der Waals surface area contributed by atoms with Crippen LogP contribution < -0.4 is 26.3 Å². The highest BCUT2D eigenvalue weighted by atomic mass is 16.5. The second-order valence-electron chi connectivity index (χ2n) is 5.31. The van der Waals surface area contributed by atoms with Gasteiger partial charge in [-0.3, -0.25) is 0 Å². The van der Waals surface area contributed by atoms with E-state index in [1.807, 2.05) is 30.3 Å². The number of anilines is 1. The van der Waals surface area contributed by atoms with Gasteiger partial charge in [0.05, 0.1) is 14.2 Å². The summed E-state index contributed by atoms with van der Waals surface area (Å²) >= 11 is 0. The largest absolute Gasteiger partial charge is 0.493 e. The lowest BCUT2D eigenvalue weighted by molar-refractivity contribution is 0.354. The van der Waals surface area contributed by atoms with Crippen molar-refractivity contribution in [2.24, 2.45) is 16.5 Å². The third-order valence-electron chi connectivity index (χ3n) is 3.76. The highest BCUT2D eigenvalue weighted by Gasteiger charge is 2.34. The molecule has 2 aromatic rings. The summed E-state index contributed by atoms with van der Waals surface area (Å²) in [7, 11) is 3.20. The molecule has 1 aliphatic rings. The zero-order valence-corrected chi connectivity index (χ0v) is 13.0. The smallest absolute Gasteiger partial charge is 0.196 e. The number of hydrogen-bond donors (Lipinski definition) is 3. The summed E-state index contributed by atoms with van der Waals surface area (Å²) in [5.41, 5.74) is 13.2. The van der Waals surface area contributed by atoms with Crippen LogP contribution in [0.5, 0.6) is 11.5 Å². The number of methoxy groups -OCH3 is 2. The molecule has 23 heavy (non-hydrogen) atoms. The molecule has 1 unspecified atom stereocenters. The SMILES string of the molecule is COc1ccc(CC2(N)N=C(N)Nc3ncccc32)cc1OC. The van der Waals surface area contributed by atoms with E-state index in [0.717, 1.165) is 11.1 Å². The first-order chi connectivity index (χ1) is 11.1. The van der Waals surface area contributed by atoms with E-state index < -0.39 is 5.66 Å². The highest BCUT2D eigenvalue weighted by Crippen LogP contribution is 2.34. The monoisotopic (exact) mass is 313 g/mol. The summed E-state index contributed by atoms with van der Waals surface area (Å²) < 4.78 is 10.6. The van der Waals surface area contributed by atoms with E-state index in [9.17, 15) is 0 Å². The number of ether oxygens (including phenoxy) is 2. The number of benzene rings is 1. The fraction of sp³-hybridized carbons (Fsp3) is 0.250. The summed E-state index contributed by atoms with van der Waals surface area (Å²) in [4.78, 5) is 8.67. The van der Waals surface area contributed by atoms with Gasteiger partial charge in [0, 0.05) is 18.2 Å². The number of nitrogens with zero attached hydrogens (tertiary/aromatic N) is 2. The Bertz CT molecular complexity index is 762. The first-order valence-electron chi connectivity index (χ1n) is 7.13. The summed E-state index contributed by atoms with van der Waals surface area (Å²) in [6, 6.07) is 9.38. The predicted octanol–water partition coefficient (Wildman–Crippen LogP) is 1.19. The van der Waals surface area contributed by atoms with Crippen LogP contribution in [0.3, 0.4) is 0 Å². The third-order valence-corrected chi connectivity index (χ3v) is 3.76. The van der Waals surface area contributed by atoms with E-state index in [2.05, 4.69) is 15.3 Å². The Balaban J connectivity index is 1.99. The Hall–Kier alpha value is -2.80. The van der Waals surface area contributed by atoms with Crippen molar-refractivity contribution in [3.8, 4) is 11.5 Å². The lowest BCUT2D eigenvalue weighted by Gasteiger charge is -2.31. The highest BCUT2D eigenvalue weighted by molar-refractivity contribution is 5.94. The molecule has 0 saturated carbocycles. The number of aliphatic imine (C=N–C) groups is 1. The number of fused-ring (bicyclic) bond motifs is 1. The van der Waals surface area contributed by atoms with Gasteiger partial charge >= 0.3 is 0 Å². The molecule has 0 amide bonds. The maximum atomic E-state index is 6.54. The molecule has 0 aliphatic carbocycles. The Labute approximate surface area is 134 Å². The van der Waals surface area contributed by atoms with Crippen LogP contribution in [0.2, 0.25) is 0 Å². The van der Waals surface area contributed by atoms with E-state index in [4.69, 9.17) is 20.9 Å². The minimum atomic E-state index is -0.988. The first-order valence-corrected chi connectivity index (χ1v) is 7.13. The maximum Gasteiger partial charge on any atom is 0.196 e. The summed E-state index contributed by atoms with van der Waals surface area (Å²) in [5.74, 6) is 2.19. The van der Waals surface area contributed by atoms with Gasteiger partial charge in [-0.25, -0.2) is 9.98 Å². The minimum absolute atomic E-state index is 0.249. The molecule has 0 radical (unpaired) electrons. The Kier molecular flexibility index (Phi) is 3.79. The number of aromatic nitrogens is 1. The molecule has 0 saturated heterocycles. The molecule has 3 rings (SSSR count). The van der Waals surface area contributed by atoms with Gasteiger partial charge in [0.25, 0.3) is 0 Å². The van der Waals surface area contributed by atoms with Crippen LogP contribution in [0.1, 0.15) is 11.1 Å².